The average Bonchev–Trinajstić information content (AvgIpc) is 2.39. The highest BCUT2D eigenvalue weighted by Crippen LogP contribution is 2.21. The summed E-state index contributed by atoms with van der Waals surface area (Å²) in [6.45, 7) is 0.673. The Morgan fingerprint density at radius 1 is 1.53 bits per heavy atom. The van der Waals surface area contributed by atoms with Crippen molar-refractivity contribution in [3.05, 3.63) is 29.8 Å². The second-order valence-corrected chi connectivity index (χ2v) is 3.92. The molecule has 1 heterocycles. The maximum Gasteiger partial charge on any atom is 0.323 e. The quantitative estimate of drug-likeness (QED) is 0.814. The molecule has 2 rings (SSSR count). The minimum Gasteiger partial charge on any atom is -0.497 e. The van der Waals surface area contributed by atoms with Crippen LogP contribution in [0.15, 0.2) is 24.3 Å². The number of rotatable bonds is 3. The number of hydrogen-bond acceptors (Lipinski definition) is 4. The standard InChI is InChI=1S/C12H15NO4/c1-16-9-4-2-3-8(5-9)10-6-17-7-11(13-10)12(14)15/h2-5,10-11,13H,6-7H2,1H3,(H,14,15). The topological polar surface area (TPSA) is 67.8 Å². The van der Waals surface area contributed by atoms with Crippen molar-refractivity contribution in [2.24, 2.45) is 0 Å². The molecule has 1 aromatic carbocycles. The number of morpholine rings is 1. The lowest BCUT2D eigenvalue weighted by Crippen LogP contribution is -2.48. The molecule has 0 saturated carbocycles. The third-order valence-corrected chi connectivity index (χ3v) is 2.77. The fourth-order valence-electron chi connectivity index (χ4n) is 1.84. The van der Waals surface area contributed by atoms with Gasteiger partial charge in [-0.3, -0.25) is 10.1 Å². The highest BCUT2D eigenvalue weighted by molar-refractivity contribution is 5.73. The lowest BCUT2D eigenvalue weighted by atomic mass is 10.0. The molecule has 5 heteroatoms. The molecule has 0 spiro atoms. The van der Waals surface area contributed by atoms with E-state index in [1.165, 1.54) is 0 Å². The average molecular weight is 237 g/mol. The van der Waals surface area contributed by atoms with Crippen LogP contribution in [0.4, 0.5) is 0 Å². The molecule has 1 aromatic rings. The molecule has 0 radical (unpaired) electrons. The van der Waals surface area contributed by atoms with Crippen LogP contribution in [0.3, 0.4) is 0 Å². The maximum atomic E-state index is 10.9. The molecular weight excluding hydrogens is 222 g/mol. The van der Waals surface area contributed by atoms with Gasteiger partial charge in [-0.05, 0) is 17.7 Å². The zero-order chi connectivity index (χ0) is 12.3. The summed E-state index contributed by atoms with van der Waals surface area (Å²) in [7, 11) is 1.60. The largest absolute Gasteiger partial charge is 0.497 e. The van der Waals surface area contributed by atoms with E-state index in [9.17, 15) is 4.79 Å². The first kappa shape index (κ1) is 11.9. The van der Waals surface area contributed by atoms with Crippen LogP contribution in [0.2, 0.25) is 0 Å². The molecule has 92 valence electrons. The first-order valence-electron chi connectivity index (χ1n) is 5.41. The third kappa shape index (κ3) is 2.75. The molecule has 2 atom stereocenters. The highest BCUT2D eigenvalue weighted by Gasteiger charge is 2.27. The van der Waals surface area contributed by atoms with E-state index in [1.54, 1.807) is 7.11 Å². The Labute approximate surface area is 99.3 Å². The number of carboxylic acid groups (broad SMARTS) is 1. The maximum absolute atomic E-state index is 10.9. The van der Waals surface area contributed by atoms with Gasteiger partial charge in [0.1, 0.15) is 11.8 Å². The number of aliphatic carboxylic acids is 1. The van der Waals surface area contributed by atoms with Crippen LogP contribution in [0.1, 0.15) is 11.6 Å². The predicted molar refractivity (Wildman–Crippen MR) is 61.1 cm³/mol. The van der Waals surface area contributed by atoms with E-state index in [4.69, 9.17) is 14.6 Å². The van der Waals surface area contributed by atoms with Crippen LogP contribution in [0, 0.1) is 0 Å². The van der Waals surface area contributed by atoms with Crippen molar-refractivity contribution in [2.45, 2.75) is 12.1 Å². The summed E-state index contributed by atoms with van der Waals surface area (Å²) < 4.78 is 10.4. The molecule has 0 aromatic heterocycles. The van der Waals surface area contributed by atoms with Gasteiger partial charge in [-0.2, -0.15) is 0 Å². The number of carboxylic acids is 1. The molecular formula is C12H15NO4. The Balaban J connectivity index is 2.13. The number of methoxy groups -OCH3 is 1. The molecule has 1 fully saturated rings. The Morgan fingerprint density at radius 3 is 3.06 bits per heavy atom. The van der Waals surface area contributed by atoms with Gasteiger partial charge in [-0.1, -0.05) is 12.1 Å². The Morgan fingerprint density at radius 2 is 2.35 bits per heavy atom. The van der Waals surface area contributed by atoms with Gasteiger partial charge < -0.3 is 14.6 Å². The van der Waals surface area contributed by atoms with Gasteiger partial charge in [0.25, 0.3) is 0 Å². The van der Waals surface area contributed by atoms with Gasteiger partial charge in [-0.15, -0.1) is 0 Å². The zero-order valence-electron chi connectivity index (χ0n) is 9.55. The van der Waals surface area contributed by atoms with Crippen molar-refractivity contribution >= 4 is 5.97 Å². The molecule has 17 heavy (non-hydrogen) atoms. The van der Waals surface area contributed by atoms with Crippen LogP contribution in [-0.4, -0.2) is 37.4 Å². The summed E-state index contributed by atoms with van der Waals surface area (Å²) >= 11 is 0. The second-order valence-electron chi connectivity index (χ2n) is 3.92. The molecule has 1 aliphatic heterocycles. The van der Waals surface area contributed by atoms with Crippen molar-refractivity contribution in [1.29, 1.82) is 0 Å². The highest BCUT2D eigenvalue weighted by atomic mass is 16.5. The molecule has 0 amide bonds. The number of ether oxygens (including phenoxy) is 2. The predicted octanol–water partition coefficient (Wildman–Crippen LogP) is 0.809. The molecule has 2 unspecified atom stereocenters. The molecule has 2 N–H and O–H groups in total. The fourth-order valence-corrected chi connectivity index (χ4v) is 1.84. The summed E-state index contributed by atoms with van der Waals surface area (Å²) in [6.07, 6.45) is 0. The van der Waals surface area contributed by atoms with Crippen LogP contribution >= 0.6 is 0 Å². The minimum absolute atomic E-state index is 0.111. The summed E-state index contributed by atoms with van der Waals surface area (Å²) in [6, 6.07) is 6.76. The molecule has 0 bridgehead atoms. The Kier molecular flexibility index (Phi) is 3.61. The Hall–Kier alpha value is -1.59. The van der Waals surface area contributed by atoms with Crippen LogP contribution < -0.4 is 10.1 Å². The van der Waals surface area contributed by atoms with Crippen molar-refractivity contribution in [3.8, 4) is 5.75 Å². The van der Waals surface area contributed by atoms with E-state index in [2.05, 4.69) is 5.32 Å². The van der Waals surface area contributed by atoms with E-state index in [-0.39, 0.29) is 12.6 Å². The summed E-state index contributed by atoms with van der Waals surface area (Å²) in [5, 5.41) is 12.0. The fraction of sp³-hybridized carbons (Fsp3) is 0.417. The summed E-state index contributed by atoms with van der Waals surface area (Å²) in [5.41, 5.74) is 0.968. The van der Waals surface area contributed by atoms with Gasteiger partial charge in [0, 0.05) is 0 Å². The monoisotopic (exact) mass is 237 g/mol. The second kappa shape index (κ2) is 5.16. The van der Waals surface area contributed by atoms with Gasteiger partial charge in [0.2, 0.25) is 0 Å². The number of benzene rings is 1. The lowest BCUT2D eigenvalue weighted by molar-refractivity contribution is -0.143. The number of carbonyl (C=O) groups is 1. The SMILES string of the molecule is COc1cccc(C2COCC(C(=O)O)N2)c1. The van der Waals surface area contributed by atoms with Gasteiger partial charge >= 0.3 is 5.97 Å². The van der Waals surface area contributed by atoms with E-state index < -0.39 is 12.0 Å². The van der Waals surface area contributed by atoms with E-state index in [1.807, 2.05) is 24.3 Å². The van der Waals surface area contributed by atoms with Crippen LogP contribution in [-0.2, 0) is 9.53 Å². The van der Waals surface area contributed by atoms with Gasteiger partial charge in [-0.25, -0.2) is 0 Å². The van der Waals surface area contributed by atoms with E-state index in [0.29, 0.717) is 6.61 Å². The van der Waals surface area contributed by atoms with E-state index in [0.717, 1.165) is 11.3 Å². The molecule has 0 aliphatic carbocycles. The van der Waals surface area contributed by atoms with Crippen LogP contribution in [0.5, 0.6) is 5.75 Å². The van der Waals surface area contributed by atoms with Crippen LogP contribution in [0.25, 0.3) is 0 Å². The molecule has 5 nitrogen and oxygen atoms in total. The minimum atomic E-state index is -0.891. The molecule has 1 saturated heterocycles. The molecule has 1 aliphatic rings. The zero-order valence-corrected chi connectivity index (χ0v) is 9.55. The number of nitrogens with one attached hydrogen (secondary N) is 1. The van der Waals surface area contributed by atoms with Gasteiger partial charge in [0.05, 0.1) is 26.4 Å². The van der Waals surface area contributed by atoms with Crippen molar-refractivity contribution in [2.75, 3.05) is 20.3 Å². The lowest BCUT2D eigenvalue weighted by Gasteiger charge is -2.29. The third-order valence-electron chi connectivity index (χ3n) is 2.77. The summed E-state index contributed by atoms with van der Waals surface area (Å²) in [4.78, 5) is 10.9. The first-order chi connectivity index (χ1) is 8.20. The smallest absolute Gasteiger partial charge is 0.323 e. The normalized spacial score (nSPS) is 24.3. The summed E-state index contributed by atoms with van der Waals surface area (Å²) in [5.74, 6) is -0.139. The van der Waals surface area contributed by atoms with Gasteiger partial charge in [0.15, 0.2) is 0 Å². The Bertz CT molecular complexity index is 407. The van der Waals surface area contributed by atoms with E-state index >= 15 is 0 Å². The first-order valence-corrected chi connectivity index (χ1v) is 5.41. The van der Waals surface area contributed by atoms with Crippen molar-refractivity contribution in [3.63, 3.8) is 0 Å². The van der Waals surface area contributed by atoms with Crippen molar-refractivity contribution in [1.82, 2.24) is 5.32 Å². The van der Waals surface area contributed by atoms with Crippen molar-refractivity contribution < 1.29 is 19.4 Å². The number of hydrogen-bond donors (Lipinski definition) is 2.